The van der Waals surface area contributed by atoms with Crippen molar-refractivity contribution in [1.82, 2.24) is 9.88 Å². The highest BCUT2D eigenvalue weighted by Crippen LogP contribution is 2.25. The monoisotopic (exact) mass is 316 g/mol. The van der Waals surface area contributed by atoms with Crippen LogP contribution in [-0.2, 0) is 16.1 Å². The number of ether oxygens (including phenoxy) is 1. The molecule has 1 saturated heterocycles. The Hall–Kier alpha value is -0.840. The molecule has 0 radical (unpaired) electrons. The second-order valence-electron chi connectivity index (χ2n) is 5.14. The van der Waals surface area contributed by atoms with Crippen molar-refractivity contribution in [1.29, 1.82) is 0 Å². The Balaban J connectivity index is 2.06. The van der Waals surface area contributed by atoms with Crippen LogP contribution >= 0.6 is 23.2 Å². The van der Waals surface area contributed by atoms with Crippen molar-refractivity contribution >= 4 is 29.2 Å². The van der Waals surface area contributed by atoms with Crippen molar-refractivity contribution in [3.05, 3.63) is 27.5 Å². The number of methoxy groups -OCH3 is 1. The van der Waals surface area contributed by atoms with Crippen LogP contribution in [0.25, 0.3) is 0 Å². The molecule has 0 N–H and O–H groups in total. The van der Waals surface area contributed by atoms with Crippen LogP contribution in [0.5, 0.6) is 0 Å². The Kier molecular flexibility index (Phi) is 5.24. The van der Waals surface area contributed by atoms with E-state index >= 15 is 0 Å². The summed E-state index contributed by atoms with van der Waals surface area (Å²) in [5, 5.41) is 0.866. The van der Waals surface area contributed by atoms with Gasteiger partial charge in [0.15, 0.2) is 0 Å². The first kappa shape index (κ1) is 15.5. The zero-order valence-corrected chi connectivity index (χ0v) is 13.2. The molecule has 0 bridgehead atoms. The van der Waals surface area contributed by atoms with Gasteiger partial charge in [-0.2, -0.15) is 0 Å². The van der Waals surface area contributed by atoms with Crippen LogP contribution in [0.3, 0.4) is 0 Å². The fourth-order valence-electron chi connectivity index (χ4n) is 2.54. The highest BCUT2D eigenvalue weighted by Gasteiger charge is 2.26. The van der Waals surface area contributed by atoms with Crippen molar-refractivity contribution in [3.8, 4) is 0 Å². The number of hydrogen-bond acceptors (Lipinski definition) is 4. The van der Waals surface area contributed by atoms with Gasteiger partial charge in [-0.1, -0.05) is 23.2 Å². The van der Waals surface area contributed by atoms with Gasteiger partial charge < -0.3 is 4.74 Å². The molecule has 1 aliphatic rings. The van der Waals surface area contributed by atoms with E-state index in [4.69, 9.17) is 27.9 Å². The minimum atomic E-state index is -0.133. The summed E-state index contributed by atoms with van der Waals surface area (Å²) in [5.74, 6) is -0.180. The van der Waals surface area contributed by atoms with Gasteiger partial charge >= 0.3 is 5.97 Å². The number of aromatic nitrogens is 1. The third-order valence-corrected chi connectivity index (χ3v) is 4.32. The maximum atomic E-state index is 11.6. The smallest absolute Gasteiger partial charge is 0.309 e. The maximum absolute atomic E-state index is 11.6. The number of carbonyl (C=O) groups is 1. The van der Waals surface area contributed by atoms with E-state index in [9.17, 15) is 4.79 Å². The van der Waals surface area contributed by atoms with E-state index in [1.54, 1.807) is 0 Å². The molecule has 1 aromatic rings. The van der Waals surface area contributed by atoms with E-state index < -0.39 is 0 Å². The van der Waals surface area contributed by atoms with Crippen LogP contribution in [0.2, 0.25) is 10.3 Å². The average molecular weight is 317 g/mol. The van der Waals surface area contributed by atoms with E-state index in [-0.39, 0.29) is 11.9 Å². The highest BCUT2D eigenvalue weighted by atomic mass is 35.5. The van der Waals surface area contributed by atoms with E-state index in [2.05, 4.69) is 9.88 Å². The zero-order valence-electron chi connectivity index (χ0n) is 11.7. The predicted octanol–water partition coefficient (Wildman–Crippen LogP) is 3.08. The molecule has 0 amide bonds. The quantitative estimate of drug-likeness (QED) is 0.635. The van der Waals surface area contributed by atoms with Crippen LogP contribution in [-0.4, -0.2) is 36.1 Å². The van der Waals surface area contributed by atoms with Gasteiger partial charge in [-0.05, 0) is 37.9 Å². The standard InChI is InChI=1S/C14H18Cl2N2O2/c1-9-6-11(13(16)17-12(9)15)8-18-5-3-4-10(7-18)14(19)20-2/h6,10H,3-5,7-8H2,1-2H3. The number of likely N-dealkylation sites (tertiary alicyclic amines) is 1. The number of hydrogen-bond donors (Lipinski definition) is 0. The molecule has 1 atom stereocenters. The van der Waals surface area contributed by atoms with Gasteiger partial charge in [-0.25, -0.2) is 4.98 Å². The number of halogens is 2. The number of esters is 1. The molecule has 4 nitrogen and oxygen atoms in total. The number of carbonyl (C=O) groups excluding carboxylic acids is 1. The normalized spacial score (nSPS) is 19.9. The molecule has 0 aliphatic carbocycles. The van der Waals surface area contributed by atoms with Crippen LogP contribution in [0.15, 0.2) is 6.07 Å². The topological polar surface area (TPSA) is 42.4 Å². The first-order valence-electron chi connectivity index (χ1n) is 6.63. The molecule has 0 spiro atoms. The molecule has 1 unspecified atom stereocenters. The van der Waals surface area contributed by atoms with E-state index in [0.29, 0.717) is 23.4 Å². The Morgan fingerprint density at radius 3 is 2.95 bits per heavy atom. The van der Waals surface area contributed by atoms with Gasteiger partial charge in [0, 0.05) is 18.7 Å². The minimum Gasteiger partial charge on any atom is -0.469 e. The first-order valence-corrected chi connectivity index (χ1v) is 7.38. The zero-order chi connectivity index (χ0) is 14.7. The molecule has 6 heteroatoms. The lowest BCUT2D eigenvalue weighted by molar-refractivity contribution is -0.147. The number of rotatable bonds is 3. The lowest BCUT2D eigenvalue weighted by Crippen LogP contribution is -2.38. The van der Waals surface area contributed by atoms with Gasteiger partial charge in [-0.3, -0.25) is 9.69 Å². The Morgan fingerprint density at radius 2 is 2.25 bits per heavy atom. The van der Waals surface area contributed by atoms with Crippen LogP contribution in [0.1, 0.15) is 24.0 Å². The molecule has 1 fully saturated rings. The van der Waals surface area contributed by atoms with Crippen molar-refractivity contribution in [2.45, 2.75) is 26.3 Å². The van der Waals surface area contributed by atoms with Crippen LogP contribution in [0, 0.1) is 12.8 Å². The summed E-state index contributed by atoms with van der Waals surface area (Å²) >= 11 is 12.1. The maximum Gasteiger partial charge on any atom is 0.309 e. The number of aryl methyl sites for hydroxylation is 1. The van der Waals surface area contributed by atoms with Crippen molar-refractivity contribution in [2.75, 3.05) is 20.2 Å². The fraction of sp³-hybridized carbons (Fsp3) is 0.571. The van der Waals surface area contributed by atoms with Gasteiger partial charge in [0.1, 0.15) is 10.3 Å². The van der Waals surface area contributed by atoms with Crippen molar-refractivity contribution in [2.24, 2.45) is 5.92 Å². The summed E-state index contributed by atoms with van der Waals surface area (Å²) in [4.78, 5) is 18.0. The Labute approximate surface area is 129 Å². The van der Waals surface area contributed by atoms with Crippen molar-refractivity contribution in [3.63, 3.8) is 0 Å². The molecular formula is C14H18Cl2N2O2. The highest BCUT2D eigenvalue weighted by molar-refractivity contribution is 6.33. The molecule has 2 rings (SSSR count). The summed E-state index contributed by atoms with van der Waals surface area (Å²) in [6.07, 6.45) is 1.87. The summed E-state index contributed by atoms with van der Waals surface area (Å²) in [6.45, 7) is 4.23. The predicted molar refractivity (Wildman–Crippen MR) is 79.0 cm³/mol. The summed E-state index contributed by atoms with van der Waals surface area (Å²) < 4.78 is 4.83. The molecule has 1 aromatic heterocycles. The van der Waals surface area contributed by atoms with Gasteiger partial charge in [0.25, 0.3) is 0 Å². The molecule has 2 heterocycles. The fourth-order valence-corrected chi connectivity index (χ4v) is 2.92. The van der Waals surface area contributed by atoms with Gasteiger partial charge in [-0.15, -0.1) is 0 Å². The summed E-state index contributed by atoms with van der Waals surface area (Å²) in [5.41, 5.74) is 1.85. The molecular weight excluding hydrogens is 299 g/mol. The minimum absolute atomic E-state index is 0.0473. The van der Waals surface area contributed by atoms with Gasteiger partial charge in [0.05, 0.1) is 13.0 Å². The number of piperidine rings is 1. The average Bonchev–Trinajstić information content (AvgIpc) is 2.44. The molecule has 0 saturated carbocycles. The van der Waals surface area contributed by atoms with Crippen LogP contribution < -0.4 is 0 Å². The molecule has 20 heavy (non-hydrogen) atoms. The lowest BCUT2D eigenvalue weighted by Gasteiger charge is -2.31. The van der Waals surface area contributed by atoms with E-state index in [0.717, 1.165) is 30.5 Å². The summed E-state index contributed by atoms with van der Waals surface area (Å²) in [6, 6.07) is 1.96. The second kappa shape index (κ2) is 6.74. The SMILES string of the molecule is COC(=O)C1CCCN(Cc2cc(C)c(Cl)nc2Cl)C1. The largest absolute Gasteiger partial charge is 0.469 e. The lowest BCUT2D eigenvalue weighted by atomic mass is 9.98. The molecule has 1 aliphatic heterocycles. The van der Waals surface area contributed by atoms with Crippen LogP contribution in [0.4, 0.5) is 0 Å². The third kappa shape index (κ3) is 3.62. The summed E-state index contributed by atoms with van der Waals surface area (Å²) in [7, 11) is 1.44. The molecule has 110 valence electrons. The molecule has 0 aromatic carbocycles. The Morgan fingerprint density at radius 1 is 1.50 bits per heavy atom. The van der Waals surface area contributed by atoms with Crippen molar-refractivity contribution < 1.29 is 9.53 Å². The number of nitrogens with zero attached hydrogens (tertiary/aromatic N) is 2. The van der Waals surface area contributed by atoms with E-state index in [1.165, 1.54) is 7.11 Å². The first-order chi connectivity index (χ1) is 9.51. The van der Waals surface area contributed by atoms with E-state index in [1.807, 2.05) is 13.0 Å². The number of pyridine rings is 1. The Bertz CT molecular complexity index is 508. The van der Waals surface area contributed by atoms with Gasteiger partial charge in [0.2, 0.25) is 0 Å². The third-order valence-electron chi connectivity index (χ3n) is 3.61. The second-order valence-corrected chi connectivity index (χ2v) is 5.86.